The zero-order valence-corrected chi connectivity index (χ0v) is 9.63. The van der Waals surface area contributed by atoms with Gasteiger partial charge in [-0.15, -0.1) is 0 Å². The van der Waals surface area contributed by atoms with Crippen LogP contribution in [0, 0.1) is 0 Å². The molecule has 5 heteroatoms. The third-order valence-corrected chi connectivity index (χ3v) is 2.41. The molecule has 0 spiro atoms. The van der Waals surface area contributed by atoms with Gasteiger partial charge >= 0.3 is 0 Å². The van der Waals surface area contributed by atoms with Crippen LogP contribution in [0.15, 0.2) is 36.9 Å². The molecule has 0 aliphatic heterocycles. The first kappa shape index (κ1) is 11.1. The fourth-order valence-corrected chi connectivity index (χ4v) is 1.58. The zero-order chi connectivity index (χ0) is 11.4. The molecular weight excluding hydrogens is 226 g/mol. The molecule has 0 aliphatic carbocycles. The molecule has 1 aromatic heterocycles. The number of rotatable bonds is 4. The molecule has 1 atom stereocenters. The maximum Gasteiger partial charge on any atom is 0.177 e. The predicted octanol–water partition coefficient (Wildman–Crippen LogP) is 2.51. The molecule has 0 radical (unpaired) electrons. The van der Waals surface area contributed by atoms with E-state index in [1.165, 1.54) is 6.33 Å². The van der Waals surface area contributed by atoms with E-state index in [9.17, 15) is 0 Å². The molecule has 2 rings (SSSR count). The Morgan fingerprint density at radius 2 is 2.12 bits per heavy atom. The highest BCUT2D eigenvalue weighted by molar-refractivity contribution is 6.30. The van der Waals surface area contributed by atoms with Crippen molar-refractivity contribution in [2.45, 2.75) is 13.2 Å². The number of halogens is 1. The van der Waals surface area contributed by atoms with Crippen LogP contribution >= 0.6 is 11.6 Å². The fraction of sp³-hybridized carbons (Fsp3) is 0.273. The number of aromatic nitrogens is 3. The van der Waals surface area contributed by atoms with E-state index in [1.807, 2.05) is 31.2 Å². The lowest BCUT2D eigenvalue weighted by Gasteiger charge is -2.17. The molecule has 84 valence electrons. The highest BCUT2D eigenvalue weighted by atomic mass is 35.5. The number of benzene rings is 1. The van der Waals surface area contributed by atoms with Gasteiger partial charge in [0.05, 0.1) is 0 Å². The molecule has 0 amide bonds. The molecule has 16 heavy (non-hydrogen) atoms. The Morgan fingerprint density at radius 1 is 1.38 bits per heavy atom. The normalized spacial score (nSPS) is 12.6. The fourth-order valence-electron chi connectivity index (χ4n) is 1.45. The standard InChI is InChI=1S/C11H12ClN3O/c1-2-16-11(15-8-13-7-14-15)9-3-5-10(12)6-4-9/h3-8,11H,2H2,1H3. The van der Waals surface area contributed by atoms with Crippen LogP contribution in [-0.2, 0) is 4.74 Å². The smallest absolute Gasteiger partial charge is 0.177 e. The molecule has 1 aromatic carbocycles. The summed E-state index contributed by atoms with van der Waals surface area (Å²) in [5.74, 6) is 0. The van der Waals surface area contributed by atoms with E-state index in [0.717, 1.165) is 5.56 Å². The van der Waals surface area contributed by atoms with E-state index < -0.39 is 0 Å². The third-order valence-electron chi connectivity index (χ3n) is 2.16. The summed E-state index contributed by atoms with van der Waals surface area (Å²) in [6, 6.07) is 7.51. The van der Waals surface area contributed by atoms with Crippen LogP contribution in [0.5, 0.6) is 0 Å². The Balaban J connectivity index is 2.29. The van der Waals surface area contributed by atoms with Crippen molar-refractivity contribution in [1.82, 2.24) is 14.8 Å². The second kappa shape index (κ2) is 5.09. The molecule has 1 unspecified atom stereocenters. The van der Waals surface area contributed by atoms with Crippen LogP contribution < -0.4 is 0 Å². The molecule has 2 aromatic rings. The van der Waals surface area contributed by atoms with Gasteiger partial charge in [-0.05, 0) is 19.1 Å². The maximum absolute atomic E-state index is 5.84. The number of hydrogen-bond donors (Lipinski definition) is 0. The van der Waals surface area contributed by atoms with Crippen LogP contribution in [0.2, 0.25) is 5.02 Å². The summed E-state index contributed by atoms with van der Waals surface area (Å²) in [4.78, 5) is 3.91. The Kier molecular flexibility index (Phi) is 3.54. The topological polar surface area (TPSA) is 39.9 Å². The molecule has 0 bridgehead atoms. The summed E-state index contributed by atoms with van der Waals surface area (Å²) < 4.78 is 7.30. The van der Waals surface area contributed by atoms with Crippen molar-refractivity contribution in [3.63, 3.8) is 0 Å². The average Bonchev–Trinajstić information content (AvgIpc) is 2.81. The zero-order valence-electron chi connectivity index (χ0n) is 8.88. The van der Waals surface area contributed by atoms with E-state index in [0.29, 0.717) is 11.6 Å². The lowest BCUT2D eigenvalue weighted by atomic mass is 10.2. The molecule has 0 aliphatic rings. The van der Waals surface area contributed by atoms with E-state index in [-0.39, 0.29) is 6.23 Å². The predicted molar refractivity (Wildman–Crippen MR) is 61.2 cm³/mol. The Morgan fingerprint density at radius 3 is 2.69 bits per heavy atom. The monoisotopic (exact) mass is 237 g/mol. The minimum absolute atomic E-state index is 0.246. The minimum atomic E-state index is -0.246. The highest BCUT2D eigenvalue weighted by Gasteiger charge is 2.13. The van der Waals surface area contributed by atoms with Crippen molar-refractivity contribution in [3.8, 4) is 0 Å². The van der Waals surface area contributed by atoms with Crippen molar-refractivity contribution in [2.75, 3.05) is 6.61 Å². The van der Waals surface area contributed by atoms with Crippen LogP contribution in [0.3, 0.4) is 0 Å². The van der Waals surface area contributed by atoms with Gasteiger partial charge in [-0.2, -0.15) is 5.10 Å². The largest absolute Gasteiger partial charge is 0.352 e. The van der Waals surface area contributed by atoms with Gasteiger partial charge < -0.3 is 4.74 Å². The van der Waals surface area contributed by atoms with Gasteiger partial charge in [0.2, 0.25) is 0 Å². The lowest BCUT2D eigenvalue weighted by molar-refractivity contribution is 0.0320. The summed E-state index contributed by atoms with van der Waals surface area (Å²) in [6.45, 7) is 2.55. The first-order chi connectivity index (χ1) is 7.81. The number of hydrogen-bond acceptors (Lipinski definition) is 3. The van der Waals surface area contributed by atoms with Gasteiger partial charge in [-0.25, -0.2) is 9.67 Å². The molecule has 1 heterocycles. The van der Waals surface area contributed by atoms with Crippen molar-refractivity contribution in [3.05, 3.63) is 47.5 Å². The summed E-state index contributed by atoms with van der Waals surface area (Å²) >= 11 is 5.84. The van der Waals surface area contributed by atoms with Crippen LogP contribution in [0.25, 0.3) is 0 Å². The third kappa shape index (κ3) is 2.40. The van der Waals surface area contributed by atoms with Crippen LogP contribution in [0.1, 0.15) is 18.7 Å². The quantitative estimate of drug-likeness (QED) is 0.820. The molecule has 0 fully saturated rings. The van der Waals surface area contributed by atoms with E-state index >= 15 is 0 Å². The Labute approximate surface area is 98.8 Å². The average molecular weight is 238 g/mol. The molecule has 4 nitrogen and oxygen atoms in total. The highest BCUT2D eigenvalue weighted by Crippen LogP contribution is 2.20. The second-order valence-electron chi connectivity index (χ2n) is 3.23. The van der Waals surface area contributed by atoms with E-state index in [2.05, 4.69) is 10.1 Å². The second-order valence-corrected chi connectivity index (χ2v) is 3.67. The van der Waals surface area contributed by atoms with Crippen molar-refractivity contribution in [1.29, 1.82) is 0 Å². The summed E-state index contributed by atoms with van der Waals surface area (Å²) in [6.07, 6.45) is 2.88. The number of nitrogens with zero attached hydrogens (tertiary/aromatic N) is 3. The first-order valence-corrected chi connectivity index (χ1v) is 5.40. The van der Waals surface area contributed by atoms with Gasteiger partial charge in [0.1, 0.15) is 12.7 Å². The first-order valence-electron chi connectivity index (χ1n) is 5.02. The van der Waals surface area contributed by atoms with Crippen LogP contribution in [0.4, 0.5) is 0 Å². The van der Waals surface area contributed by atoms with Crippen molar-refractivity contribution >= 4 is 11.6 Å². The van der Waals surface area contributed by atoms with Crippen molar-refractivity contribution < 1.29 is 4.74 Å². The lowest BCUT2D eigenvalue weighted by Crippen LogP contribution is -2.14. The summed E-state index contributed by atoms with van der Waals surface area (Å²) in [7, 11) is 0. The van der Waals surface area contributed by atoms with E-state index in [4.69, 9.17) is 16.3 Å². The van der Waals surface area contributed by atoms with Gasteiger partial charge in [-0.3, -0.25) is 0 Å². The van der Waals surface area contributed by atoms with Crippen molar-refractivity contribution in [2.24, 2.45) is 0 Å². The Hall–Kier alpha value is -1.39. The van der Waals surface area contributed by atoms with E-state index in [1.54, 1.807) is 11.0 Å². The van der Waals surface area contributed by atoms with Gasteiger partial charge in [0.25, 0.3) is 0 Å². The van der Waals surface area contributed by atoms with Gasteiger partial charge in [0, 0.05) is 17.2 Å². The number of ether oxygens (including phenoxy) is 1. The van der Waals surface area contributed by atoms with Gasteiger partial charge in [-0.1, -0.05) is 23.7 Å². The summed E-state index contributed by atoms with van der Waals surface area (Å²) in [5, 5.41) is 4.79. The Bertz CT molecular complexity index is 427. The van der Waals surface area contributed by atoms with Crippen LogP contribution in [-0.4, -0.2) is 21.4 Å². The van der Waals surface area contributed by atoms with Gasteiger partial charge in [0.15, 0.2) is 6.23 Å². The summed E-state index contributed by atoms with van der Waals surface area (Å²) in [5.41, 5.74) is 0.997. The molecule has 0 saturated carbocycles. The molecular formula is C11H12ClN3O. The molecule has 0 saturated heterocycles. The minimum Gasteiger partial charge on any atom is -0.352 e. The maximum atomic E-state index is 5.84. The SMILES string of the molecule is CCOC(c1ccc(Cl)cc1)n1cncn1. The molecule has 0 N–H and O–H groups in total.